The van der Waals surface area contributed by atoms with Gasteiger partial charge in [-0.05, 0) is 87.9 Å². The number of likely N-dealkylation sites (N-methyl/N-ethyl adjacent to an activating group) is 1. The van der Waals surface area contributed by atoms with Crippen molar-refractivity contribution in [3.63, 3.8) is 0 Å². The molecule has 0 radical (unpaired) electrons. The first-order valence-electron chi connectivity index (χ1n) is 15.4. The lowest BCUT2D eigenvalue weighted by atomic mass is 9.49. The second-order valence-electron chi connectivity index (χ2n) is 14.4. The first-order valence-corrected chi connectivity index (χ1v) is 15.4. The first-order chi connectivity index (χ1) is 20.7. The number of aromatic hydroxyl groups is 1. The number of nitrogens with zero attached hydrogens (tertiary/aromatic N) is 1. The van der Waals surface area contributed by atoms with Gasteiger partial charge in [-0.25, -0.2) is 0 Å². The SMILES string of the molecule is C[C@@H]1c2cccc(O)c2C(O)=C2C(=O)[C@]3(O)C(O)=C(C(N)=O)C(=O)[C@@H](N(C)C)[C@@H]3[C@@H](OC(=O)C34CC5CC(CC(C5)C3)C4)[C@H]21. The summed E-state index contributed by atoms with van der Waals surface area (Å²) in [5.41, 5.74) is 1.01. The summed E-state index contributed by atoms with van der Waals surface area (Å²) in [5.74, 6) is -7.99. The Morgan fingerprint density at radius 3 is 2.14 bits per heavy atom. The molecule has 0 unspecified atom stereocenters. The lowest BCUT2D eigenvalue weighted by molar-refractivity contribution is -0.200. The number of fused-ring (bicyclic) bond motifs is 3. The number of carbonyl (C=O) groups excluding carboxylic acids is 4. The number of aliphatic hydroxyl groups excluding tert-OH is 2. The Balaban J connectivity index is 1.45. The molecule has 7 aliphatic rings. The molecule has 4 bridgehead atoms. The van der Waals surface area contributed by atoms with Gasteiger partial charge in [0.2, 0.25) is 5.78 Å². The van der Waals surface area contributed by atoms with Gasteiger partial charge in [0.25, 0.3) is 5.91 Å². The summed E-state index contributed by atoms with van der Waals surface area (Å²) in [6, 6.07) is 3.24. The molecule has 7 aliphatic carbocycles. The summed E-state index contributed by atoms with van der Waals surface area (Å²) < 4.78 is 6.48. The highest BCUT2D eigenvalue weighted by Gasteiger charge is 2.70. The number of hydrogen-bond donors (Lipinski definition) is 5. The molecule has 0 spiro atoms. The van der Waals surface area contributed by atoms with E-state index in [0.29, 0.717) is 42.6 Å². The zero-order chi connectivity index (χ0) is 31.6. The Morgan fingerprint density at radius 1 is 1.00 bits per heavy atom. The number of primary amides is 1. The van der Waals surface area contributed by atoms with Gasteiger partial charge in [-0.15, -0.1) is 0 Å². The third kappa shape index (κ3) is 3.62. The van der Waals surface area contributed by atoms with Gasteiger partial charge in [0, 0.05) is 11.5 Å². The summed E-state index contributed by atoms with van der Waals surface area (Å²) in [4.78, 5) is 56.6. The maximum atomic E-state index is 14.4. The Bertz CT molecular complexity index is 1560. The molecule has 11 nitrogen and oxygen atoms in total. The molecular formula is C33H38N2O9. The first kappa shape index (κ1) is 29.0. The van der Waals surface area contributed by atoms with Gasteiger partial charge in [0.15, 0.2) is 11.4 Å². The topological polar surface area (TPSA) is 188 Å². The Kier molecular flexibility index (Phi) is 6.21. The van der Waals surface area contributed by atoms with Crippen LogP contribution in [0.4, 0.5) is 0 Å². The molecule has 6 atom stereocenters. The lowest BCUT2D eigenvalue weighted by Crippen LogP contribution is -2.71. The van der Waals surface area contributed by atoms with Crippen molar-refractivity contribution in [1.29, 1.82) is 0 Å². The number of phenolic OH excluding ortho intramolecular Hbond substituents is 1. The smallest absolute Gasteiger partial charge is 0.312 e. The van der Waals surface area contributed by atoms with Gasteiger partial charge in [-0.3, -0.25) is 24.1 Å². The van der Waals surface area contributed by atoms with Crippen molar-refractivity contribution in [1.82, 2.24) is 4.90 Å². The van der Waals surface area contributed by atoms with Crippen LogP contribution in [0.1, 0.15) is 62.5 Å². The van der Waals surface area contributed by atoms with Crippen LogP contribution < -0.4 is 5.73 Å². The van der Waals surface area contributed by atoms with Crippen molar-refractivity contribution in [3.05, 3.63) is 46.2 Å². The Morgan fingerprint density at radius 2 is 1.59 bits per heavy atom. The second kappa shape index (κ2) is 9.40. The van der Waals surface area contributed by atoms with Crippen LogP contribution in [0, 0.1) is 35.0 Å². The molecule has 0 aromatic heterocycles. The molecule has 0 saturated heterocycles. The van der Waals surface area contributed by atoms with Gasteiger partial charge in [0.05, 0.1) is 22.9 Å². The van der Waals surface area contributed by atoms with E-state index in [1.165, 1.54) is 25.1 Å². The van der Waals surface area contributed by atoms with Crippen molar-refractivity contribution in [2.45, 2.75) is 69.1 Å². The molecule has 1 amide bonds. The summed E-state index contributed by atoms with van der Waals surface area (Å²) in [6.45, 7) is 1.76. The van der Waals surface area contributed by atoms with Crippen LogP contribution >= 0.6 is 0 Å². The highest BCUT2D eigenvalue weighted by molar-refractivity contribution is 6.24. The number of rotatable bonds is 4. The number of nitrogens with two attached hydrogens (primary N) is 1. The molecule has 6 N–H and O–H groups in total. The number of benzene rings is 1. The van der Waals surface area contributed by atoms with Gasteiger partial charge in [-0.1, -0.05) is 19.1 Å². The summed E-state index contributed by atoms with van der Waals surface area (Å²) >= 11 is 0. The number of aliphatic hydroxyl groups is 3. The van der Waals surface area contributed by atoms with Crippen LogP contribution in [0.25, 0.3) is 5.76 Å². The van der Waals surface area contributed by atoms with Crippen molar-refractivity contribution in [2.24, 2.45) is 40.7 Å². The van der Waals surface area contributed by atoms with Crippen LogP contribution in [0.3, 0.4) is 0 Å². The van der Waals surface area contributed by atoms with E-state index in [-0.39, 0.29) is 16.9 Å². The summed E-state index contributed by atoms with van der Waals surface area (Å²) in [5, 5.41) is 46.0. The molecular weight excluding hydrogens is 568 g/mol. The molecule has 44 heavy (non-hydrogen) atoms. The molecule has 11 heteroatoms. The fourth-order valence-corrected chi connectivity index (χ4v) is 10.3. The van der Waals surface area contributed by atoms with E-state index in [2.05, 4.69) is 0 Å². The minimum atomic E-state index is -2.94. The van der Waals surface area contributed by atoms with E-state index >= 15 is 0 Å². The molecule has 0 aliphatic heterocycles. The normalized spacial score (nSPS) is 40.6. The third-order valence-corrected chi connectivity index (χ3v) is 11.7. The maximum Gasteiger partial charge on any atom is 0.312 e. The number of esters is 1. The zero-order valence-corrected chi connectivity index (χ0v) is 24.9. The van der Waals surface area contributed by atoms with Crippen molar-refractivity contribution in [3.8, 4) is 5.75 Å². The Labute approximate surface area is 254 Å². The number of Topliss-reactive ketones (excluding diaryl/α,β-unsaturated/α-hetero) is 2. The van der Waals surface area contributed by atoms with Gasteiger partial charge >= 0.3 is 5.97 Å². The Hall–Kier alpha value is -3.70. The van der Waals surface area contributed by atoms with E-state index in [9.17, 15) is 39.6 Å². The fourth-order valence-electron chi connectivity index (χ4n) is 10.3. The molecule has 1 aromatic carbocycles. The molecule has 234 valence electrons. The molecule has 0 heterocycles. The lowest BCUT2D eigenvalue weighted by Gasteiger charge is -2.57. The minimum absolute atomic E-state index is 0.0116. The highest BCUT2D eigenvalue weighted by atomic mass is 16.5. The van der Waals surface area contributed by atoms with E-state index in [0.717, 1.165) is 19.3 Å². The van der Waals surface area contributed by atoms with E-state index < -0.39 is 81.4 Å². The molecule has 8 rings (SSSR count). The molecule has 1 aromatic rings. The van der Waals surface area contributed by atoms with Gasteiger partial charge in [0.1, 0.15) is 28.9 Å². The fraction of sp³-hybridized carbons (Fsp3) is 0.576. The predicted octanol–water partition coefficient (Wildman–Crippen LogP) is 2.26. The van der Waals surface area contributed by atoms with Crippen LogP contribution in [0.5, 0.6) is 5.75 Å². The van der Waals surface area contributed by atoms with Gasteiger partial charge in [-0.2, -0.15) is 0 Å². The van der Waals surface area contributed by atoms with Crippen LogP contribution in [0.2, 0.25) is 0 Å². The number of carbonyl (C=O) groups is 4. The van der Waals surface area contributed by atoms with Gasteiger partial charge < -0.3 is 30.9 Å². The van der Waals surface area contributed by atoms with Crippen molar-refractivity contribution in [2.75, 3.05) is 14.1 Å². The standard InChI is InChI=1S/C33H38N2O9/c1-13-17-5-4-6-18(36)20(17)25(37)21-19(13)27(44-31(42)32-10-14-7-15(11-32)9-16(8-14)12-32)23-24(35(2)3)26(38)22(30(34)41)29(40)33(23,43)28(21)39/h4-6,13-16,19,23-24,27,36-37,40,43H,7-12H2,1-3H3,(H2,34,41)/t13-,14?,15?,16?,19+,23-,24+,27+,32?,33+/m1/s1. The van der Waals surface area contributed by atoms with E-state index in [4.69, 9.17) is 10.5 Å². The second-order valence-corrected chi connectivity index (χ2v) is 14.4. The average molecular weight is 607 g/mol. The summed E-state index contributed by atoms with van der Waals surface area (Å²) in [6.07, 6.45) is 3.90. The monoisotopic (exact) mass is 606 g/mol. The molecule has 5 saturated carbocycles. The predicted molar refractivity (Wildman–Crippen MR) is 155 cm³/mol. The third-order valence-electron chi connectivity index (χ3n) is 11.7. The van der Waals surface area contributed by atoms with Crippen LogP contribution in [0.15, 0.2) is 35.1 Å². The summed E-state index contributed by atoms with van der Waals surface area (Å²) in [7, 11) is 3.04. The minimum Gasteiger partial charge on any atom is -0.508 e. The van der Waals surface area contributed by atoms with E-state index in [1.807, 2.05) is 0 Å². The number of hydrogen-bond acceptors (Lipinski definition) is 10. The van der Waals surface area contributed by atoms with E-state index in [1.54, 1.807) is 19.1 Å². The number of phenols is 1. The quantitative estimate of drug-likeness (QED) is 0.251. The number of amides is 1. The average Bonchev–Trinajstić information content (AvgIpc) is 2.93. The molecule has 5 fully saturated rings. The number of ketones is 2. The highest BCUT2D eigenvalue weighted by Crippen LogP contribution is 2.62. The van der Waals surface area contributed by atoms with Crippen LogP contribution in [-0.2, 0) is 23.9 Å². The van der Waals surface area contributed by atoms with Crippen molar-refractivity contribution >= 4 is 29.2 Å². The largest absolute Gasteiger partial charge is 0.508 e. The zero-order valence-electron chi connectivity index (χ0n) is 24.9. The maximum absolute atomic E-state index is 14.4. The van der Waals surface area contributed by atoms with Crippen molar-refractivity contribution < 1.29 is 44.3 Å². The number of ether oxygens (including phenoxy) is 1. The van der Waals surface area contributed by atoms with Crippen LogP contribution in [-0.4, -0.2) is 80.6 Å².